The van der Waals surface area contributed by atoms with Crippen molar-refractivity contribution in [2.24, 2.45) is 5.84 Å². The van der Waals surface area contributed by atoms with Crippen LogP contribution in [0.15, 0.2) is 0 Å². The smallest absolute Gasteiger partial charge is 0.331 e. The maximum Gasteiger partial charge on any atom is 0.331 e. The van der Waals surface area contributed by atoms with Gasteiger partial charge in [-0.25, -0.2) is 10.6 Å². The number of nitrogens with one attached hydrogen (secondary N) is 1. The average Bonchev–Trinajstić information content (AvgIpc) is 2.19. The van der Waals surface area contributed by atoms with E-state index in [1.807, 2.05) is 0 Å². The van der Waals surface area contributed by atoms with E-state index in [1.54, 1.807) is 0 Å². The Morgan fingerprint density at radius 3 is 2.64 bits per heavy atom. The molecule has 1 aliphatic rings. The van der Waals surface area contributed by atoms with E-state index in [0.717, 1.165) is 17.9 Å². The first-order chi connectivity index (χ1) is 6.74. The second-order valence-electron chi connectivity index (χ2n) is 3.70. The van der Waals surface area contributed by atoms with Crippen molar-refractivity contribution in [3.05, 3.63) is 0 Å². The van der Waals surface area contributed by atoms with Gasteiger partial charge in [0, 0.05) is 6.04 Å². The average molecular weight is 201 g/mol. The number of hydrazine groups is 1. The molecule has 0 heterocycles. The second-order valence-corrected chi connectivity index (χ2v) is 3.70. The monoisotopic (exact) mass is 201 g/mol. The van der Waals surface area contributed by atoms with Crippen molar-refractivity contribution in [1.82, 2.24) is 10.3 Å². The molecule has 0 unspecified atom stereocenters. The van der Waals surface area contributed by atoms with E-state index in [0.29, 0.717) is 0 Å². The molecule has 0 aliphatic heterocycles. The Kier molecular flexibility index (Phi) is 4.69. The molecule has 0 radical (unpaired) electrons. The van der Waals surface area contributed by atoms with Gasteiger partial charge in [-0.3, -0.25) is 5.01 Å². The number of hydrogen-bond acceptors (Lipinski definition) is 3. The lowest BCUT2D eigenvalue weighted by molar-refractivity contribution is 0.172. The number of urea groups is 1. The summed E-state index contributed by atoms with van der Waals surface area (Å²) in [7, 11) is 0. The minimum Gasteiger partial charge on any atom is -0.394 e. The maximum absolute atomic E-state index is 11.4. The van der Waals surface area contributed by atoms with Crippen molar-refractivity contribution in [2.45, 2.75) is 38.1 Å². The highest BCUT2D eigenvalue weighted by Crippen LogP contribution is 2.17. The van der Waals surface area contributed by atoms with E-state index in [1.165, 1.54) is 19.3 Å². The number of nitrogens with two attached hydrogens (primary N) is 1. The molecule has 1 fully saturated rings. The molecular formula is C9H19N3O2. The van der Waals surface area contributed by atoms with Crippen LogP contribution in [0.1, 0.15) is 32.1 Å². The van der Waals surface area contributed by atoms with Gasteiger partial charge < -0.3 is 10.4 Å². The number of rotatable bonds is 3. The van der Waals surface area contributed by atoms with E-state index < -0.39 is 0 Å². The van der Waals surface area contributed by atoms with Crippen LogP contribution >= 0.6 is 0 Å². The van der Waals surface area contributed by atoms with Gasteiger partial charge in [0.2, 0.25) is 0 Å². The highest BCUT2D eigenvalue weighted by Gasteiger charge is 2.17. The minimum atomic E-state index is -0.286. The standard InChI is InChI=1S/C9H19N3O2/c10-12(6-7-13)9(14)11-8-4-2-1-3-5-8/h8,13H,1-7,10H2,(H,11,14). The van der Waals surface area contributed by atoms with Crippen LogP contribution in [0.5, 0.6) is 0 Å². The third-order valence-electron chi connectivity index (χ3n) is 2.53. The van der Waals surface area contributed by atoms with E-state index in [-0.39, 0.29) is 25.2 Å². The maximum atomic E-state index is 11.4. The Hall–Kier alpha value is -0.810. The lowest BCUT2D eigenvalue weighted by Gasteiger charge is -2.25. The predicted octanol–water partition coefficient (Wildman–Crippen LogP) is 0.197. The van der Waals surface area contributed by atoms with Crippen LogP contribution in [0.3, 0.4) is 0 Å². The number of carbonyl (C=O) groups is 1. The summed E-state index contributed by atoms with van der Waals surface area (Å²) in [4.78, 5) is 11.4. The van der Waals surface area contributed by atoms with Crippen LogP contribution in [0.4, 0.5) is 4.79 Å². The summed E-state index contributed by atoms with van der Waals surface area (Å²) >= 11 is 0. The van der Waals surface area contributed by atoms with Crippen molar-refractivity contribution >= 4 is 6.03 Å². The highest BCUT2D eigenvalue weighted by atomic mass is 16.3. The lowest BCUT2D eigenvalue weighted by atomic mass is 9.96. The molecular weight excluding hydrogens is 182 g/mol. The summed E-state index contributed by atoms with van der Waals surface area (Å²) < 4.78 is 0. The molecule has 5 heteroatoms. The molecule has 0 saturated heterocycles. The number of hydrogen-bond donors (Lipinski definition) is 3. The van der Waals surface area contributed by atoms with E-state index in [2.05, 4.69) is 5.32 Å². The summed E-state index contributed by atoms with van der Waals surface area (Å²) in [6.07, 6.45) is 5.69. The molecule has 0 aromatic heterocycles. The molecule has 0 aromatic rings. The fourth-order valence-corrected chi connectivity index (χ4v) is 1.71. The van der Waals surface area contributed by atoms with Gasteiger partial charge in [-0.1, -0.05) is 19.3 Å². The van der Waals surface area contributed by atoms with Crippen LogP contribution in [0.2, 0.25) is 0 Å². The first-order valence-corrected chi connectivity index (χ1v) is 5.17. The van der Waals surface area contributed by atoms with Gasteiger partial charge in [0.25, 0.3) is 0 Å². The summed E-state index contributed by atoms with van der Waals surface area (Å²) in [5, 5.41) is 12.5. The minimum absolute atomic E-state index is 0.103. The number of aliphatic hydroxyl groups excluding tert-OH is 1. The zero-order valence-electron chi connectivity index (χ0n) is 8.41. The third-order valence-corrected chi connectivity index (χ3v) is 2.53. The van der Waals surface area contributed by atoms with Crippen LogP contribution in [0, 0.1) is 0 Å². The van der Waals surface area contributed by atoms with Crippen LogP contribution in [-0.4, -0.2) is 35.3 Å². The van der Waals surface area contributed by atoms with Gasteiger partial charge in [0.1, 0.15) is 0 Å². The molecule has 0 spiro atoms. The van der Waals surface area contributed by atoms with Gasteiger partial charge in [0.05, 0.1) is 13.2 Å². The Labute approximate surface area is 84.2 Å². The summed E-state index contributed by atoms with van der Waals surface area (Å²) in [6.45, 7) is 0.0765. The molecule has 4 N–H and O–H groups in total. The Balaban J connectivity index is 2.24. The molecule has 1 saturated carbocycles. The van der Waals surface area contributed by atoms with Crippen LogP contribution in [0.25, 0.3) is 0 Å². The fraction of sp³-hybridized carbons (Fsp3) is 0.889. The van der Waals surface area contributed by atoms with Gasteiger partial charge in [-0.05, 0) is 12.8 Å². The first kappa shape index (κ1) is 11.3. The topological polar surface area (TPSA) is 78.6 Å². The van der Waals surface area contributed by atoms with Crippen LogP contribution < -0.4 is 11.2 Å². The van der Waals surface area contributed by atoms with Gasteiger partial charge in [-0.15, -0.1) is 0 Å². The third kappa shape index (κ3) is 3.51. The predicted molar refractivity (Wildman–Crippen MR) is 53.4 cm³/mol. The Morgan fingerprint density at radius 1 is 1.43 bits per heavy atom. The number of aliphatic hydroxyl groups is 1. The summed E-state index contributed by atoms with van der Waals surface area (Å²) in [6, 6.07) is -0.0213. The van der Waals surface area contributed by atoms with Crippen molar-refractivity contribution in [2.75, 3.05) is 13.2 Å². The molecule has 0 atom stereocenters. The van der Waals surface area contributed by atoms with Crippen molar-refractivity contribution in [1.29, 1.82) is 0 Å². The first-order valence-electron chi connectivity index (χ1n) is 5.17. The van der Waals surface area contributed by atoms with E-state index in [9.17, 15) is 4.79 Å². The molecule has 1 aliphatic carbocycles. The molecule has 0 aromatic carbocycles. The molecule has 2 amide bonds. The van der Waals surface area contributed by atoms with Gasteiger partial charge in [-0.2, -0.15) is 0 Å². The molecule has 0 bridgehead atoms. The summed E-state index contributed by atoms with van der Waals surface area (Å²) in [5.74, 6) is 5.41. The molecule has 1 rings (SSSR count). The zero-order chi connectivity index (χ0) is 10.4. The molecule has 14 heavy (non-hydrogen) atoms. The second kappa shape index (κ2) is 5.82. The van der Waals surface area contributed by atoms with Crippen molar-refractivity contribution < 1.29 is 9.90 Å². The van der Waals surface area contributed by atoms with E-state index >= 15 is 0 Å². The summed E-state index contributed by atoms with van der Waals surface area (Å²) in [5.41, 5.74) is 0. The fourth-order valence-electron chi connectivity index (χ4n) is 1.71. The Morgan fingerprint density at radius 2 is 2.07 bits per heavy atom. The SMILES string of the molecule is NN(CCO)C(=O)NC1CCCCC1. The quantitative estimate of drug-likeness (QED) is 0.346. The number of amides is 2. The largest absolute Gasteiger partial charge is 0.394 e. The number of nitrogens with zero attached hydrogens (tertiary/aromatic N) is 1. The van der Waals surface area contributed by atoms with Crippen molar-refractivity contribution in [3.63, 3.8) is 0 Å². The molecule has 82 valence electrons. The zero-order valence-corrected chi connectivity index (χ0v) is 8.41. The van der Waals surface area contributed by atoms with Crippen molar-refractivity contribution in [3.8, 4) is 0 Å². The lowest BCUT2D eigenvalue weighted by Crippen LogP contribution is -2.49. The molecule has 5 nitrogen and oxygen atoms in total. The van der Waals surface area contributed by atoms with Gasteiger partial charge in [0.15, 0.2) is 0 Å². The highest BCUT2D eigenvalue weighted by molar-refractivity contribution is 5.73. The van der Waals surface area contributed by atoms with Crippen LogP contribution in [-0.2, 0) is 0 Å². The normalized spacial score (nSPS) is 17.9. The Bertz CT molecular complexity index is 181. The number of carbonyl (C=O) groups excluding carboxylic acids is 1. The van der Waals surface area contributed by atoms with E-state index in [4.69, 9.17) is 10.9 Å². The van der Waals surface area contributed by atoms with Gasteiger partial charge >= 0.3 is 6.03 Å².